The highest BCUT2D eigenvalue weighted by Gasteiger charge is 2.57. The fourth-order valence-electron chi connectivity index (χ4n) is 11.9. The van der Waals surface area contributed by atoms with Crippen LogP contribution < -0.4 is 32.2 Å². The van der Waals surface area contributed by atoms with E-state index in [-0.39, 0.29) is 72.4 Å². The first-order valence-electron chi connectivity index (χ1n) is 35.0. The van der Waals surface area contributed by atoms with Crippen LogP contribution in [0.5, 0.6) is 0 Å². The largest absolute Gasteiger partial charge is 0.408 e. The summed E-state index contributed by atoms with van der Waals surface area (Å²) in [6, 6.07) is 31.7. The smallest absolute Gasteiger partial charge is 0.406 e. The molecule has 2 fully saturated rings. The number of aromatic amines is 2. The number of ether oxygens (including phenoxy) is 2. The summed E-state index contributed by atoms with van der Waals surface area (Å²) in [7, 11) is -12.8. The Labute approximate surface area is 605 Å². The van der Waals surface area contributed by atoms with Gasteiger partial charge in [0.2, 0.25) is 23.7 Å². The molecule has 6 N–H and O–H groups in total. The van der Waals surface area contributed by atoms with Gasteiger partial charge >= 0.3 is 7.75 Å². The highest BCUT2D eigenvalue weighted by atomic mass is 31.2. The van der Waals surface area contributed by atoms with E-state index in [2.05, 4.69) is 112 Å². The molecule has 2 aliphatic rings. The Morgan fingerprint density at radius 3 is 1.43 bits per heavy atom. The molecular weight excluding hydrogens is 1390 g/mol. The lowest BCUT2D eigenvalue weighted by Gasteiger charge is -2.44. The Kier molecular flexibility index (Phi) is 25.8. The number of imidazole rings is 2. The van der Waals surface area contributed by atoms with Crippen molar-refractivity contribution in [2.75, 3.05) is 37.1 Å². The van der Waals surface area contributed by atoms with E-state index in [1.165, 1.54) is 12.7 Å². The van der Waals surface area contributed by atoms with Crippen LogP contribution in [-0.2, 0) is 56.1 Å². The predicted octanol–water partition coefficient (Wildman–Crippen LogP) is 12.3. The Hall–Kier alpha value is -7.07. The van der Waals surface area contributed by atoms with Gasteiger partial charge in [0.25, 0.3) is 19.6 Å². The van der Waals surface area contributed by atoms with Crippen LogP contribution in [0.3, 0.4) is 0 Å². The fourth-order valence-corrected chi connectivity index (χ4v) is 17.7. The Morgan fingerprint density at radius 1 is 0.621 bits per heavy atom. The minimum absolute atomic E-state index is 0.0232. The summed E-state index contributed by atoms with van der Waals surface area (Å²) in [6.45, 7) is 34.6. The van der Waals surface area contributed by atoms with Gasteiger partial charge in [-0.25, -0.2) is 24.3 Å². The fraction of sp³-hybridized carbons (Fsp3) is 0.549. The van der Waals surface area contributed by atoms with Gasteiger partial charge in [0.15, 0.2) is 51.4 Å². The van der Waals surface area contributed by atoms with Crippen LogP contribution in [0.25, 0.3) is 22.3 Å². The van der Waals surface area contributed by atoms with Crippen molar-refractivity contribution in [1.29, 1.82) is 10.5 Å². The van der Waals surface area contributed by atoms with Crippen molar-refractivity contribution in [3.8, 4) is 12.1 Å². The summed E-state index contributed by atoms with van der Waals surface area (Å²) in [4.78, 5) is 78.6. The van der Waals surface area contributed by atoms with Gasteiger partial charge < -0.3 is 27.4 Å². The molecule has 0 spiro atoms. The van der Waals surface area contributed by atoms with Crippen molar-refractivity contribution in [3.63, 3.8) is 0 Å². The highest BCUT2D eigenvalue weighted by Crippen LogP contribution is 2.53. The zero-order valence-electron chi connectivity index (χ0n) is 62.2. The summed E-state index contributed by atoms with van der Waals surface area (Å²) in [5, 5.41) is 32.0. The van der Waals surface area contributed by atoms with Crippen LogP contribution in [0.2, 0.25) is 36.3 Å². The summed E-state index contributed by atoms with van der Waals surface area (Å²) >= 11 is 0. The van der Waals surface area contributed by atoms with E-state index in [9.17, 15) is 29.7 Å². The van der Waals surface area contributed by atoms with Gasteiger partial charge in [-0.2, -0.15) is 20.5 Å². The van der Waals surface area contributed by atoms with Crippen molar-refractivity contribution in [2.24, 2.45) is 11.8 Å². The van der Waals surface area contributed by atoms with E-state index in [1.54, 1.807) is 36.8 Å². The topological polar surface area (TPSA) is 351 Å². The maximum Gasteiger partial charge on any atom is 0.406 e. The zero-order valence-corrected chi connectivity index (χ0v) is 66.0. The molecule has 3 aromatic carbocycles. The first kappa shape index (κ1) is 80.0. The van der Waals surface area contributed by atoms with Gasteiger partial charge in [0.1, 0.15) is 24.4 Å². The third-order valence-electron chi connectivity index (χ3n) is 19.3. The van der Waals surface area contributed by atoms with Crippen LogP contribution in [0.15, 0.2) is 113 Å². The second-order valence-electron chi connectivity index (χ2n) is 30.1. The molecule has 7 aromatic rings. The molecule has 32 heteroatoms. The average Bonchev–Trinajstić information content (AvgIpc) is 1.70. The van der Waals surface area contributed by atoms with Crippen molar-refractivity contribution in [2.45, 2.75) is 213 Å². The first-order valence-corrected chi connectivity index (χ1v) is 43.5. The predicted molar refractivity (Wildman–Crippen MR) is 399 cm³/mol. The molecule has 2 amide bonds. The molecule has 556 valence electrons. The number of carbonyl (C=O) groups excluding carboxylic acids is 2. The van der Waals surface area contributed by atoms with Crippen molar-refractivity contribution in [3.05, 3.63) is 141 Å². The van der Waals surface area contributed by atoms with Crippen LogP contribution in [0.4, 0.5) is 11.9 Å². The molecular formula is C71H101N15O13P2Si2. The van der Waals surface area contributed by atoms with E-state index in [0.717, 1.165) is 16.7 Å². The molecule has 28 nitrogen and oxygen atoms in total. The number of rotatable bonds is 32. The number of nitrogens with zero attached hydrogens (tertiary/aromatic N) is 9. The number of aromatic nitrogens is 8. The molecule has 2 saturated heterocycles. The number of carbonyl (C=O) groups is 2. The standard InChI is InChI=1S/C71H101N15O13P2Si2/c1-44(2)61(87)78-67-76-59-55(63(89)80-67)74-42-84(59)65-57(98-102(15,16)69(9,10)11)53(82-71(48-30-22-19-23-31-48,49-32-24-20-25-33-49)50-34-26-21-27-35-50)52(97-65)41-95-101(91,94-39-29-37-73)83-54-51(40-93-100(92-38-28-36-72)86(46(5)6)47(7)8)96-66(58(54)99-103(17,18)70(12,13)14)85-43-75-56-60(85)77-68(81-64(56)90)79-62(88)45(3)4/h19-27,30-35,42-47,51-54,57-58,65-66,82H,28-29,38-41H2,1-18H3,(H,83,91)(H2,76,78,80,87,89)(H2,77,79,81,88,90)/t51-,52-,53-,54-,57-,58-,65-,66-,100?,101?/m1/s1. The van der Waals surface area contributed by atoms with E-state index in [1.807, 2.05) is 132 Å². The minimum atomic E-state index is -4.91. The molecule has 0 radical (unpaired) electrons. The molecule has 0 aliphatic carbocycles. The van der Waals surface area contributed by atoms with Crippen LogP contribution >= 0.6 is 16.3 Å². The number of amides is 2. The third kappa shape index (κ3) is 18.1. The van der Waals surface area contributed by atoms with Gasteiger partial charge in [0, 0.05) is 23.9 Å². The summed E-state index contributed by atoms with van der Waals surface area (Å²) in [6.07, 6.45) is -4.29. The second kappa shape index (κ2) is 33.2. The van der Waals surface area contributed by atoms with Gasteiger partial charge in [-0.05, 0) is 80.6 Å². The number of nitrogens with one attached hydrogen (secondary N) is 6. The highest BCUT2D eigenvalue weighted by molar-refractivity contribution is 7.51. The Balaban J connectivity index is 1.25. The van der Waals surface area contributed by atoms with E-state index < -0.39 is 145 Å². The molecule has 4 aromatic heterocycles. The van der Waals surface area contributed by atoms with Crippen molar-refractivity contribution in [1.82, 2.24) is 54.1 Å². The number of anilines is 2. The van der Waals surface area contributed by atoms with Crippen LogP contribution in [0.1, 0.15) is 139 Å². The number of nitriles is 2. The summed E-state index contributed by atoms with van der Waals surface area (Å²) < 4.78 is 78.9. The monoisotopic (exact) mass is 1490 g/mol. The lowest BCUT2D eigenvalue weighted by Crippen LogP contribution is -2.59. The van der Waals surface area contributed by atoms with Crippen molar-refractivity contribution >= 4 is 78.9 Å². The normalized spacial score (nSPS) is 20.9. The lowest BCUT2D eigenvalue weighted by atomic mass is 9.76. The van der Waals surface area contributed by atoms with Crippen LogP contribution in [0, 0.1) is 34.5 Å². The Bertz CT molecular complexity index is 4200. The van der Waals surface area contributed by atoms with Gasteiger partial charge in [-0.3, -0.25) is 63.3 Å². The van der Waals surface area contributed by atoms with Gasteiger partial charge in [-0.15, -0.1) is 0 Å². The van der Waals surface area contributed by atoms with Crippen LogP contribution in [-0.4, -0.2) is 147 Å². The average molecular weight is 1490 g/mol. The number of benzene rings is 3. The lowest BCUT2D eigenvalue weighted by molar-refractivity contribution is -0.119. The number of fused-ring (bicyclic) bond motifs is 2. The quantitative estimate of drug-likeness (QED) is 0.00987. The molecule has 0 bridgehead atoms. The van der Waals surface area contributed by atoms with E-state index >= 15 is 4.57 Å². The van der Waals surface area contributed by atoms with E-state index in [0.29, 0.717) is 0 Å². The molecule has 6 heterocycles. The molecule has 2 aliphatic heterocycles. The SMILES string of the molecule is CC(C)C(=O)Nc1nc2c(ncn2[C@@H]2O[C@H](COP(=O)(N[C@H]3[C@@H](O[Si](C)(C)C(C)(C)C)[C@H](n4cnc5c(=O)[nH]c(NC(=O)C(C)C)nc54)O[C@@H]3COP(OCCC#N)N(C(C)C)C(C)C)OCCC#N)[C@@H](NC(c3ccccc3)(c3ccccc3)c3ccccc3)[C@H]2O[Si](C)(C)C(C)(C)C)c(=O)[nH]1. The third-order valence-corrected chi connectivity index (χ3v) is 32.0. The zero-order chi connectivity index (χ0) is 75.1. The maximum atomic E-state index is 16.9. The first-order chi connectivity index (χ1) is 48.5. The molecule has 0 saturated carbocycles. The van der Waals surface area contributed by atoms with E-state index in [4.69, 9.17) is 46.4 Å². The summed E-state index contributed by atoms with van der Waals surface area (Å²) in [5.41, 5.74) is -0.0322. The molecule has 2 unspecified atom stereocenters. The molecule has 10 atom stereocenters. The number of hydrogen-bond donors (Lipinski definition) is 6. The second-order valence-corrected chi connectivity index (χ2v) is 42.9. The number of H-pyrrole nitrogens is 2. The number of hydrogen-bond acceptors (Lipinski definition) is 21. The Morgan fingerprint density at radius 2 is 1.03 bits per heavy atom. The van der Waals surface area contributed by atoms with Gasteiger partial charge in [-0.1, -0.05) is 160 Å². The minimum Gasteiger partial charge on any atom is -0.408 e. The molecule has 9 rings (SSSR count). The maximum absolute atomic E-state index is 16.9. The van der Waals surface area contributed by atoms with Gasteiger partial charge in [0.05, 0.1) is 81.7 Å². The summed E-state index contributed by atoms with van der Waals surface area (Å²) in [5.74, 6) is -1.99. The molecule has 103 heavy (non-hydrogen) atoms. The van der Waals surface area contributed by atoms with Crippen molar-refractivity contribution < 1.29 is 50.6 Å².